The lowest BCUT2D eigenvalue weighted by molar-refractivity contribution is -0.141. The van der Waals surface area contributed by atoms with Crippen molar-refractivity contribution in [2.24, 2.45) is 5.92 Å². The Morgan fingerprint density at radius 2 is 2.16 bits per heavy atom. The van der Waals surface area contributed by atoms with E-state index in [0.29, 0.717) is 16.6 Å². The van der Waals surface area contributed by atoms with Gasteiger partial charge in [-0.1, -0.05) is 6.92 Å². The molecule has 1 aromatic carbocycles. The fraction of sp³-hybridized carbons (Fsp3) is 0.333. The van der Waals surface area contributed by atoms with Crippen molar-refractivity contribution in [2.75, 3.05) is 11.9 Å². The summed E-state index contributed by atoms with van der Waals surface area (Å²) in [7, 11) is 0. The summed E-state index contributed by atoms with van der Waals surface area (Å²) in [6.45, 7) is 1.80. The molecule has 104 valence electrons. The number of aliphatic carboxylic acids is 1. The molecule has 0 aliphatic carbocycles. The van der Waals surface area contributed by atoms with Crippen molar-refractivity contribution < 1.29 is 19.1 Å². The van der Waals surface area contributed by atoms with Gasteiger partial charge in [-0.3, -0.25) is 4.79 Å². The molecular formula is C12H14BrFN2O3. The first-order valence-corrected chi connectivity index (χ1v) is 6.42. The van der Waals surface area contributed by atoms with Gasteiger partial charge in [0, 0.05) is 12.2 Å². The second kappa shape index (κ2) is 7.08. The molecule has 7 heteroatoms. The largest absolute Gasteiger partial charge is 0.481 e. The van der Waals surface area contributed by atoms with E-state index in [1.165, 1.54) is 12.1 Å². The smallest absolute Gasteiger partial charge is 0.319 e. The predicted molar refractivity (Wildman–Crippen MR) is 72.5 cm³/mol. The van der Waals surface area contributed by atoms with Crippen LogP contribution in [0.3, 0.4) is 0 Å². The van der Waals surface area contributed by atoms with Crippen LogP contribution in [0.5, 0.6) is 0 Å². The molecule has 2 amide bonds. The van der Waals surface area contributed by atoms with Gasteiger partial charge in [-0.25, -0.2) is 9.18 Å². The van der Waals surface area contributed by atoms with E-state index in [9.17, 15) is 14.0 Å². The van der Waals surface area contributed by atoms with Crippen molar-refractivity contribution in [3.8, 4) is 0 Å². The zero-order valence-corrected chi connectivity index (χ0v) is 11.8. The Morgan fingerprint density at radius 1 is 1.47 bits per heavy atom. The van der Waals surface area contributed by atoms with E-state index >= 15 is 0 Å². The number of halogens is 2. The molecule has 0 aliphatic rings. The lowest BCUT2D eigenvalue weighted by atomic mass is 10.1. The number of urea groups is 1. The summed E-state index contributed by atoms with van der Waals surface area (Å²) in [5.41, 5.74) is 0.324. The monoisotopic (exact) mass is 332 g/mol. The molecular weight excluding hydrogens is 319 g/mol. The number of anilines is 1. The van der Waals surface area contributed by atoms with Gasteiger partial charge in [0.2, 0.25) is 0 Å². The fourth-order valence-corrected chi connectivity index (χ4v) is 1.52. The number of rotatable bonds is 5. The Morgan fingerprint density at radius 3 is 2.74 bits per heavy atom. The highest BCUT2D eigenvalue weighted by molar-refractivity contribution is 9.10. The highest BCUT2D eigenvalue weighted by Gasteiger charge is 2.11. The number of carbonyl (C=O) groups excluding carboxylic acids is 1. The van der Waals surface area contributed by atoms with Gasteiger partial charge in [-0.05, 0) is 40.5 Å². The molecule has 0 aromatic heterocycles. The van der Waals surface area contributed by atoms with E-state index in [4.69, 9.17) is 5.11 Å². The highest BCUT2D eigenvalue weighted by Crippen LogP contribution is 2.19. The van der Waals surface area contributed by atoms with Gasteiger partial charge in [-0.15, -0.1) is 0 Å². The molecule has 1 unspecified atom stereocenters. The quantitative estimate of drug-likeness (QED) is 0.775. The second-order valence-corrected chi connectivity index (χ2v) is 4.89. The molecule has 0 radical (unpaired) electrons. The number of amides is 2. The van der Waals surface area contributed by atoms with E-state index in [1.807, 2.05) is 0 Å². The van der Waals surface area contributed by atoms with Crippen LogP contribution in [0.4, 0.5) is 14.9 Å². The second-order valence-electron chi connectivity index (χ2n) is 4.04. The number of carboxylic acid groups (broad SMARTS) is 1. The van der Waals surface area contributed by atoms with Crippen molar-refractivity contribution in [1.29, 1.82) is 0 Å². The average molecular weight is 333 g/mol. The van der Waals surface area contributed by atoms with Crippen molar-refractivity contribution in [3.05, 3.63) is 28.5 Å². The summed E-state index contributed by atoms with van der Waals surface area (Å²) in [6, 6.07) is 3.72. The first kappa shape index (κ1) is 15.4. The number of benzene rings is 1. The first-order chi connectivity index (χ1) is 8.90. The molecule has 19 heavy (non-hydrogen) atoms. The van der Waals surface area contributed by atoms with Crippen LogP contribution < -0.4 is 10.6 Å². The van der Waals surface area contributed by atoms with Crippen molar-refractivity contribution in [1.82, 2.24) is 5.32 Å². The maximum atomic E-state index is 13.2. The van der Waals surface area contributed by atoms with Gasteiger partial charge in [0.05, 0.1) is 10.4 Å². The highest BCUT2D eigenvalue weighted by atomic mass is 79.9. The van der Waals surface area contributed by atoms with Gasteiger partial charge in [-0.2, -0.15) is 0 Å². The molecule has 0 spiro atoms. The summed E-state index contributed by atoms with van der Waals surface area (Å²) < 4.78 is 13.5. The normalized spacial score (nSPS) is 11.7. The Kier molecular flexibility index (Phi) is 5.75. The summed E-state index contributed by atoms with van der Waals surface area (Å²) in [4.78, 5) is 22.0. The third-order valence-electron chi connectivity index (χ3n) is 2.46. The third-order valence-corrected chi connectivity index (χ3v) is 3.11. The lowest BCUT2D eigenvalue weighted by Crippen LogP contribution is -2.31. The van der Waals surface area contributed by atoms with Crippen LogP contribution in [-0.2, 0) is 4.79 Å². The van der Waals surface area contributed by atoms with Crippen molar-refractivity contribution >= 4 is 33.6 Å². The minimum atomic E-state index is -0.905. The SMILES string of the molecule is CC(CCNC(=O)Nc1ccc(Br)c(F)c1)C(=O)O. The van der Waals surface area contributed by atoms with E-state index < -0.39 is 23.7 Å². The summed E-state index contributed by atoms with van der Waals surface area (Å²) in [5, 5.41) is 13.6. The number of hydrogen-bond donors (Lipinski definition) is 3. The zero-order chi connectivity index (χ0) is 14.4. The molecule has 0 bridgehead atoms. The minimum Gasteiger partial charge on any atom is -0.481 e. The minimum absolute atomic E-state index is 0.234. The molecule has 1 rings (SSSR count). The standard InChI is InChI=1S/C12H14BrFN2O3/c1-7(11(17)18)4-5-15-12(19)16-8-2-3-9(13)10(14)6-8/h2-3,6-7H,4-5H2,1H3,(H,17,18)(H2,15,16,19). The predicted octanol–water partition coefficient (Wildman–Crippen LogP) is 2.82. The van der Waals surface area contributed by atoms with Crippen LogP contribution in [0, 0.1) is 11.7 Å². The maximum Gasteiger partial charge on any atom is 0.319 e. The van der Waals surface area contributed by atoms with Crippen molar-refractivity contribution in [2.45, 2.75) is 13.3 Å². The molecule has 0 heterocycles. The van der Waals surface area contributed by atoms with Crippen LogP contribution >= 0.6 is 15.9 Å². The number of carbonyl (C=O) groups is 2. The molecule has 3 N–H and O–H groups in total. The number of hydrogen-bond acceptors (Lipinski definition) is 2. The summed E-state index contributed by atoms with van der Waals surface area (Å²) in [6.07, 6.45) is 0.331. The van der Waals surface area contributed by atoms with E-state index in [2.05, 4.69) is 26.6 Å². The molecule has 5 nitrogen and oxygen atoms in total. The fourth-order valence-electron chi connectivity index (χ4n) is 1.27. The number of nitrogens with one attached hydrogen (secondary N) is 2. The van der Waals surface area contributed by atoms with E-state index in [0.717, 1.165) is 0 Å². The molecule has 0 saturated heterocycles. The van der Waals surface area contributed by atoms with Gasteiger partial charge in [0.15, 0.2) is 0 Å². The lowest BCUT2D eigenvalue weighted by Gasteiger charge is -2.09. The summed E-state index contributed by atoms with van der Waals surface area (Å²) >= 11 is 3.01. The Bertz CT molecular complexity index is 482. The first-order valence-electron chi connectivity index (χ1n) is 5.63. The van der Waals surface area contributed by atoms with Gasteiger partial charge in [0.1, 0.15) is 5.82 Å². The van der Waals surface area contributed by atoms with Crippen molar-refractivity contribution in [3.63, 3.8) is 0 Å². The molecule has 1 atom stereocenters. The Hall–Kier alpha value is -1.63. The molecule has 0 fully saturated rings. The Labute approximate surface area is 118 Å². The van der Waals surface area contributed by atoms with Crippen LogP contribution in [0.1, 0.15) is 13.3 Å². The average Bonchev–Trinajstić information content (AvgIpc) is 2.33. The van der Waals surface area contributed by atoms with Gasteiger partial charge >= 0.3 is 12.0 Å². The van der Waals surface area contributed by atoms with Crippen LogP contribution in [-0.4, -0.2) is 23.7 Å². The zero-order valence-electron chi connectivity index (χ0n) is 10.2. The van der Waals surface area contributed by atoms with E-state index in [-0.39, 0.29) is 6.54 Å². The summed E-state index contributed by atoms with van der Waals surface area (Å²) in [5.74, 6) is -1.90. The Balaban J connectivity index is 2.39. The molecule has 1 aromatic rings. The molecule has 0 aliphatic heterocycles. The van der Waals surface area contributed by atoms with Crippen LogP contribution in [0.25, 0.3) is 0 Å². The van der Waals surface area contributed by atoms with Crippen LogP contribution in [0.15, 0.2) is 22.7 Å². The van der Waals surface area contributed by atoms with Crippen LogP contribution in [0.2, 0.25) is 0 Å². The third kappa shape index (κ3) is 5.25. The van der Waals surface area contributed by atoms with Gasteiger partial charge < -0.3 is 15.7 Å². The number of carboxylic acids is 1. The molecule has 0 saturated carbocycles. The van der Waals surface area contributed by atoms with E-state index in [1.54, 1.807) is 13.0 Å². The van der Waals surface area contributed by atoms with Gasteiger partial charge in [0.25, 0.3) is 0 Å². The maximum absolute atomic E-state index is 13.2. The topological polar surface area (TPSA) is 78.4 Å².